The molecule has 0 spiro atoms. The number of nitrogens with one attached hydrogen (secondary N) is 1. The molecule has 0 bridgehead atoms. The number of nitrogens with zero attached hydrogens (tertiary/aromatic N) is 6. The van der Waals surface area contributed by atoms with Crippen molar-refractivity contribution in [3.63, 3.8) is 0 Å². The first kappa shape index (κ1) is 8.72. The van der Waals surface area contributed by atoms with Crippen molar-refractivity contribution >= 4 is 0 Å². The molecule has 1 aromatic carbocycles. The van der Waals surface area contributed by atoms with Crippen LogP contribution in [-0.2, 0) is 0 Å². The van der Waals surface area contributed by atoms with E-state index in [4.69, 9.17) is 0 Å². The van der Waals surface area contributed by atoms with Gasteiger partial charge in [-0.2, -0.15) is 0 Å². The van der Waals surface area contributed by atoms with Crippen LogP contribution in [0.15, 0.2) is 36.7 Å². The van der Waals surface area contributed by atoms with Gasteiger partial charge in [0, 0.05) is 5.56 Å². The molecule has 0 aliphatic heterocycles. The lowest BCUT2D eigenvalue weighted by Gasteiger charge is -2.01. The van der Waals surface area contributed by atoms with Crippen LogP contribution in [0.3, 0.4) is 0 Å². The average molecular weight is 213 g/mol. The Morgan fingerprint density at radius 1 is 1.25 bits per heavy atom. The third-order valence-corrected chi connectivity index (χ3v) is 2.15. The van der Waals surface area contributed by atoms with Gasteiger partial charge in [0.05, 0.1) is 18.1 Å². The Morgan fingerprint density at radius 2 is 2.25 bits per heavy atom. The summed E-state index contributed by atoms with van der Waals surface area (Å²) < 4.78 is 1.67. The maximum absolute atomic E-state index is 3.91. The topological polar surface area (TPSA) is 85.2 Å². The summed E-state index contributed by atoms with van der Waals surface area (Å²) in [5, 5.41) is 21.3. The molecule has 3 aromatic rings. The lowest BCUT2D eigenvalue weighted by atomic mass is 10.2. The fourth-order valence-electron chi connectivity index (χ4n) is 1.42. The van der Waals surface area contributed by atoms with E-state index in [0.29, 0.717) is 5.82 Å². The zero-order valence-corrected chi connectivity index (χ0v) is 8.15. The minimum Gasteiger partial charge on any atom is -0.239 e. The molecule has 0 saturated heterocycles. The molecular formula is C9H7N7. The van der Waals surface area contributed by atoms with E-state index in [9.17, 15) is 0 Å². The van der Waals surface area contributed by atoms with E-state index in [1.54, 1.807) is 17.1 Å². The van der Waals surface area contributed by atoms with Gasteiger partial charge in [0.15, 0.2) is 5.82 Å². The monoisotopic (exact) mass is 213 g/mol. The molecule has 0 aliphatic carbocycles. The summed E-state index contributed by atoms with van der Waals surface area (Å²) in [6, 6.07) is 7.69. The average Bonchev–Trinajstić information content (AvgIpc) is 3.03. The van der Waals surface area contributed by atoms with E-state index in [0.717, 1.165) is 11.3 Å². The molecule has 2 aromatic heterocycles. The second-order valence-corrected chi connectivity index (χ2v) is 3.15. The molecule has 0 radical (unpaired) electrons. The van der Waals surface area contributed by atoms with Crippen molar-refractivity contribution in [3.05, 3.63) is 36.7 Å². The summed E-state index contributed by atoms with van der Waals surface area (Å²) >= 11 is 0. The molecule has 0 fully saturated rings. The number of hydrogen-bond donors (Lipinski definition) is 1. The standard InChI is InChI=1S/C9H7N7/c1-2-7(9-11-13-14-12-9)6-8(3-1)16-5-4-10-15-16/h1-6H,(H,11,12,13,14). The maximum Gasteiger partial charge on any atom is 0.179 e. The lowest BCUT2D eigenvalue weighted by molar-refractivity contribution is 0.803. The molecule has 0 unspecified atom stereocenters. The van der Waals surface area contributed by atoms with Crippen LogP contribution in [0, 0.1) is 0 Å². The first-order valence-corrected chi connectivity index (χ1v) is 4.64. The van der Waals surface area contributed by atoms with Gasteiger partial charge in [-0.3, -0.25) is 0 Å². The minimum atomic E-state index is 0.627. The van der Waals surface area contributed by atoms with Gasteiger partial charge in [-0.1, -0.05) is 17.3 Å². The van der Waals surface area contributed by atoms with Crippen LogP contribution < -0.4 is 0 Å². The van der Waals surface area contributed by atoms with E-state index in [1.165, 1.54) is 0 Å². The summed E-state index contributed by atoms with van der Waals surface area (Å²) in [6.45, 7) is 0. The molecule has 3 rings (SSSR count). The summed E-state index contributed by atoms with van der Waals surface area (Å²) in [5.41, 5.74) is 1.81. The van der Waals surface area contributed by atoms with Gasteiger partial charge in [-0.15, -0.1) is 10.2 Å². The smallest absolute Gasteiger partial charge is 0.179 e. The van der Waals surface area contributed by atoms with Crippen molar-refractivity contribution in [2.24, 2.45) is 0 Å². The van der Waals surface area contributed by atoms with Gasteiger partial charge >= 0.3 is 0 Å². The predicted molar refractivity (Wildman–Crippen MR) is 54.5 cm³/mol. The van der Waals surface area contributed by atoms with Crippen molar-refractivity contribution in [2.75, 3.05) is 0 Å². The van der Waals surface area contributed by atoms with Crippen LogP contribution in [0.25, 0.3) is 17.1 Å². The molecule has 0 atom stereocenters. The Kier molecular flexibility index (Phi) is 1.93. The quantitative estimate of drug-likeness (QED) is 0.667. The Balaban J connectivity index is 2.07. The van der Waals surface area contributed by atoms with Gasteiger partial charge in [-0.25, -0.2) is 9.78 Å². The lowest BCUT2D eigenvalue weighted by Crippen LogP contribution is -1.95. The minimum absolute atomic E-state index is 0.627. The summed E-state index contributed by atoms with van der Waals surface area (Å²) in [6.07, 6.45) is 3.40. The number of H-pyrrole nitrogens is 1. The number of tetrazole rings is 1. The Morgan fingerprint density at radius 3 is 3.00 bits per heavy atom. The van der Waals surface area contributed by atoms with Crippen molar-refractivity contribution in [2.45, 2.75) is 0 Å². The van der Waals surface area contributed by atoms with Gasteiger partial charge in [0.1, 0.15) is 0 Å². The normalized spacial score (nSPS) is 10.5. The number of aromatic nitrogens is 7. The van der Waals surface area contributed by atoms with Crippen LogP contribution >= 0.6 is 0 Å². The second-order valence-electron chi connectivity index (χ2n) is 3.15. The van der Waals surface area contributed by atoms with Gasteiger partial charge in [0.25, 0.3) is 0 Å². The molecule has 1 N–H and O–H groups in total. The highest BCUT2D eigenvalue weighted by Gasteiger charge is 2.03. The third-order valence-electron chi connectivity index (χ3n) is 2.15. The number of hydrogen-bond acceptors (Lipinski definition) is 5. The molecule has 78 valence electrons. The molecule has 7 heteroatoms. The van der Waals surface area contributed by atoms with Crippen molar-refractivity contribution in [1.82, 2.24) is 35.6 Å². The van der Waals surface area contributed by atoms with Crippen LogP contribution in [0.2, 0.25) is 0 Å². The Hall–Kier alpha value is -2.57. The number of benzene rings is 1. The Bertz CT molecular complexity index is 520. The van der Waals surface area contributed by atoms with Gasteiger partial charge < -0.3 is 0 Å². The SMILES string of the molecule is c1cc(-c2nnn[nH]2)cc(-n2ccnn2)c1. The second kappa shape index (κ2) is 3.54. The predicted octanol–water partition coefficient (Wildman–Crippen LogP) is 0.447. The summed E-state index contributed by atoms with van der Waals surface area (Å²) in [4.78, 5) is 0. The highest BCUT2D eigenvalue weighted by Crippen LogP contribution is 2.16. The largest absolute Gasteiger partial charge is 0.239 e. The summed E-state index contributed by atoms with van der Waals surface area (Å²) in [5.74, 6) is 0.627. The van der Waals surface area contributed by atoms with Crippen LogP contribution in [-0.4, -0.2) is 35.6 Å². The number of rotatable bonds is 2. The third kappa shape index (κ3) is 1.44. The number of aromatic amines is 1. The fraction of sp³-hybridized carbons (Fsp3) is 0. The van der Waals surface area contributed by atoms with Crippen molar-refractivity contribution < 1.29 is 0 Å². The van der Waals surface area contributed by atoms with Crippen LogP contribution in [0.5, 0.6) is 0 Å². The molecule has 0 amide bonds. The van der Waals surface area contributed by atoms with E-state index >= 15 is 0 Å². The molecule has 0 saturated carbocycles. The van der Waals surface area contributed by atoms with Gasteiger partial charge in [0.2, 0.25) is 0 Å². The molecule has 7 nitrogen and oxygen atoms in total. The van der Waals surface area contributed by atoms with Crippen LogP contribution in [0.1, 0.15) is 0 Å². The molecule has 16 heavy (non-hydrogen) atoms. The Labute approximate surface area is 90.1 Å². The van der Waals surface area contributed by atoms with E-state index in [-0.39, 0.29) is 0 Å². The highest BCUT2D eigenvalue weighted by molar-refractivity contribution is 5.57. The highest BCUT2D eigenvalue weighted by atomic mass is 15.5. The van der Waals surface area contributed by atoms with Crippen molar-refractivity contribution in [1.29, 1.82) is 0 Å². The van der Waals surface area contributed by atoms with E-state index < -0.39 is 0 Å². The zero-order valence-electron chi connectivity index (χ0n) is 8.15. The molecular weight excluding hydrogens is 206 g/mol. The maximum atomic E-state index is 3.91. The van der Waals surface area contributed by atoms with E-state index in [2.05, 4.69) is 30.9 Å². The molecule has 0 aliphatic rings. The van der Waals surface area contributed by atoms with Crippen LogP contribution in [0.4, 0.5) is 0 Å². The zero-order chi connectivity index (χ0) is 10.8. The first-order valence-electron chi connectivity index (χ1n) is 4.64. The molecule has 2 heterocycles. The summed E-state index contributed by atoms with van der Waals surface area (Å²) in [7, 11) is 0. The van der Waals surface area contributed by atoms with Crippen molar-refractivity contribution in [3.8, 4) is 17.1 Å². The fourth-order valence-corrected chi connectivity index (χ4v) is 1.42. The first-order chi connectivity index (χ1) is 7.93. The van der Waals surface area contributed by atoms with E-state index in [1.807, 2.05) is 24.3 Å². The van der Waals surface area contributed by atoms with Gasteiger partial charge in [-0.05, 0) is 22.6 Å².